The fourth-order valence-electron chi connectivity index (χ4n) is 2.25. The first-order chi connectivity index (χ1) is 11.1. The van der Waals surface area contributed by atoms with E-state index in [-0.39, 0.29) is 5.91 Å². The molecule has 23 heavy (non-hydrogen) atoms. The summed E-state index contributed by atoms with van der Waals surface area (Å²) in [4.78, 5) is 11.8. The highest BCUT2D eigenvalue weighted by molar-refractivity contribution is 5.76. The second-order valence-corrected chi connectivity index (χ2v) is 5.46. The lowest BCUT2D eigenvalue weighted by molar-refractivity contribution is -0.121. The highest BCUT2D eigenvalue weighted by Crippen LogP contribution is 2.18. The molecule has 0 aliphatic heterocycles. The van der Waals surface area contributed by atoms with Gasteiger partial charge in [-0.05, 0) is 43.2 Å². The number of nitrogens with one attached hydrogen (secondary N) is 1. The first kappa shape index (κ1) is 16.6. The summed E-state index contributed by atoms with van der Waals surface area (Å²) in [6.07, 6.45) is 0.297. The zero-order valence-electron chi connectivity index (χ0n) is 13.4. The fraction of sp³-hybridized carbons (Fsp3) is 0.263. The third-order valence-electron chi connectivity index (χ3n) is 3.46. The maximum atomic E-state index is 11.8. The molecular formula is C19H20N2O2. The molecule has 118 valence electrons. The van der Waals surface area contributed by atoms with Crippen molar-refractivity contribution in [3.63, 3.8) is 0 Å². The van der Waals surface area contributed by atoms with Gasteiger partial charge in [0.25, 0.3) is 0 Å². The van der Waals surface area contributed by atoms with Crippen molar-refractivity contribution in [1.82, 2.24) is 5.32 Å². The number of nitrogens with zero attached hydrogens (tertiary/aromatic N) is 1. The molecule has 1 N–H and O–H groups in total. The van der Waals surface area contributed by atoms with Crippen LogP contribution in [0.1, 0.15) is 28.7 Å². The lowest BCUT2D eigenvalue weighted by Gasteiger charge is -2.10. The van der Waals surface area contributed by atoms with Crippen molar-refractivity contribution >= 4 is 5.91 Å². The van der Waals surface area contributed by atoms with Gasteiger partial charge in [0.1, 0.15) is 5.75 Å². The van der Waals surface area contributed by atoms with Crippen molar-refractivity contribution in [2.24, 2.45) is 0 Å². The number of carbonyl (C=O) groups excluding carboxylic acids is 1. The average molecular weight is 308 g/mol. The van der Waals surface area contributed by atoms with Crippen LogP contribution in [0.3, 0.4) is 0 Å². The van der Waals surface area contributed by atoms with Crippen LogP contribution in [0.15, 0.2) is 42.5 Å². The molecule has 0 unspecified atom stereocenters. The summed E-state index contributed by atoms with van der Waals surface area (Å²) >= 11 is 0. The predicted molar refractivity (Wildman–Crippen MR) is 89.0 cm³/mol. The maximum absolute atomic E-state index is 11.8. The van der Waals surface area contributed by atoms with Gasteiger partial charge in [-0.25, -0.2) is 0 Å². The predicted octanol–water partition coefficient (Wildman–Crippen LogP) is 3.26. The zero-order valence-corrected chi connectivity index (χ0v) is 13.4. The molecule has 2 rings (SSSR count). The number of carbonyl (C=O) groups is 1. The van der Waals surface area contributed by atoms with Gasteiger partial charge < -0.3 is 10.1 Å². The molecular weight excluding hydrogens is 288 g/mol. The van der Waals surface area contributed by atoms with Gasteiger partial charge in [-0.2, -0.15) is 5.26 Å². The Bertz CT molecular complexity index is 732. The summed E-state index contributed by atoms with van der Waals surface area (Å²) in [5, 5.41) is 11.7. The Morgan fingerprint density at radius 1 is 1.22 bits per heavy atom. The topological polar surface area (TPSA) is 62.1 Å². The van der Waals surface area contributed by atoms with Gasteiger partial charge in [-0.1, -0.05) is 29.8 Å². The number of amides is 1. The lowest BCUT2D eigenvalue weighted by Crippen LogP contribution is -2.24. The number of benzene rings is 2. The Kier molecular flexibility index (Phi) is 5.76. The molecule has 0 spiro atoms. The van der Waals surface area contributed by atoms with Crippen LogP contribution in [0, 0.1) is 25.2 Å². The standard InChI is InChI=1S/C19H20N2O2/c1-14-6-7-18(15(2)10-14)23-9-8-19(22)21-13-17-5-3-4-16(11-17)12-20/h3-7,10-11H,8-9,13H2,1-2H3,(H,21,22). The summed E-state index contributed by atoms with van der Waals surface area (Å²) < 4.78 is 5.65. The van der Waals surface area contributed by atoms with Gasteiger partial charge in [0.15, 0.2) is 0 Å². The maximum Gasteiger partial charge on any atom is 0.223 e. The van der Waals surface area contributed by atoms with E-state index in [9.17, 15) is 4.79 Å². The van der Waals surface area contributed by atoms with Crippen LogP contribution in [0.5, 0.6) is 5.75 Å². The number of nitriles is 1. The van der Waals surface area contributed by atoms with E-state index in [1.54, 1.807) is 12.1 Å². The van der Waals surface area contributed by atoms with Gasteiger partial charge in [0, 0.05) is 6.54 Å². The molecule has 0 atom stereocenters. The smallest absolute Gasteiger partial charge is 0.223 e. The second kappa shape index (κ2) is 8.00. The van der Waals surface area contributed by atoms with Gasteiger partial charge in [0.2, 0.25) is 5.91 Å². The lowest BCUT2D eigenvalue weighted by atomic mass is 10.1. The minimum atomic E-state index is -0.0721. The van der Waals surface area contributed by atoms with Crippen molar-refractivity contribution in [3.05, 3.63) is 64.7 Å². The van der Waals surface area contributed by atoms with Crippen molar-refractivity contribution in [2.45, 2.75) is 26.8 Å². The highest BCUT2D eigenvalue weighted by Gasteiger charge is 2.04. The molecule has 0 aromatic heterocycles. The molecule has 4 heteroatoms. The van der Waals surface area contributed by atoms with Gasteiger partial charge in [-0.15, -0.1) is 0 Å². The third-order valence-corrected chi connectivity index (χ3v) is 3.46. The number of hydrogen-bond acceptors (Lipinski definition) is 3. The normalized spacial score (nSPS) is 9.96. The summed E-state index contributed by atoms with van der Waals surface area (Å²) in [6, 6.07) is 15.3. The van der Waals surface area contributed by atoms with E-state index < -0.39 is 0 Å². The number of ether oxygens (including phenoxy) is 1. The Labute approximate surface area is 136 Å². The molecule has 1 amide bonds. The summed E-state index contributed by atoms with van der Waals surface area (Å²) in [5.74, 6) is 0.738. The van der Waals surface area contributed by atoms with E-state index in [4.69, 9.17) is 10.00 Å². The first-order valence-electron chi connectivity index (χ1n) is 7.54. The van der Waals surface area contributed by atoms with Crippen LogP contribution in [0.2, 0.25) is 0 Å². The van der Waals surface area contributed by atoms with Crippen LogP contribution < -0.4 is 10.1 Å². The molecule has 0 radical (unpaired) electrons. The fourth-order valence-corrected chi connectivity index (χ4v) is 2.25. The van der Waals surface area contributed by atoms with Gasteiger partial charge in [-0.3, -0.25) is 4.79 Å². The zero-order chi connectivity index (χ0) is 16.7. The molecule has 2 aromatic rings. The van der Waals surface area contributed by atoms with Crippen LogP contribution >= 0.6 is 0 Å². The molecule has 0 bridgehead atoms. The van der Waals surface area contributed by atoms with Crippen LogP contribution in [0.4, 0.5) is 0 Å². The molecule has 0 heterocycles. The Hall–Kier alpha value is -2.80. The van der Waals surface area contributed by atoms with Crippen LogP contribution in [-0.2, 0) is 11.3 Å². The van der Waals surface area contributed by atoms with Crippen molar-refractivity contribution < 1.29 is 9.53 Å². The van der Waals surface area contributed by atoms with Crippen molar-refractivity contribution in [1.29, 1.82) is 5.26 Å². The molecule has 0 fully saturated rings. The van der Waals surface area contributed by atoms with E-state index in [1.165, 1.54) is 5.56 Å². The average Bonchev–Trinajstić information content (AvgIpc) is 2.55. The first-order valence-corrected chi connectivity index (χ1v) is 7.54. The van der Waals surface area contributed by atoms with Crippen LogP contribution in [-0.4, -0.2) is 12.5 Å². The third kappa shape index (κ3) is 5.15. The van der Waals surface area contributed by atoms with Gasteiger partial charge >= 0.3 is 0 Å². The number of hydrogen-bond donors (Lipinski definition) is 1. The second-order valence-electron chi connectivity index (χ2n) is 5.46. The van der Waals surface area contributed by atoms with E-state index in [2.05, 4.69) is 17.5 Å². The Morgan fingerprint density at radius 3 is 2.78 bits per heavy atom. The van der Waals surface area contributed by atoms with Crippen molar-refractivity contribution in [3.8, 4) is 11.8 Å². The van der Waals surface area contributed by atoms with E-state index in [0.29, 0.717) is 25.1 Å². The molecule has 0 saturated carbocycles. The molecule has 0 aliphatic carbocycles. The monoisotopic (exact) mass is 308 g/mol. The van der Waals surface area contributed by atoms with Crippen molar-refractivity contribution in [2.75, 3.05) is 6.61 Å². The van der Waals surface area contributed by atoms with Gasteiger partial charge in [0.05, 0.1) is 24.7 Å². The number of aryl methyl sites for hydroxylation is 2. The summed E-state index contributed by atoms with van der Waals surface area (Å²) in [6.45, 7) is 4.78. The largest absolute Gasteiger partial charge is 0.493 e. The molecule has 0 aliphatic rings. The van der Waals surface area contributed by atoms with E-state index in [1.807, 2.05) is 38.1 Å². The quantitative estimate of drug-likeness (QED) is 0.891. The Morgan fingerprint density at radius 2 is 2.04 bits per heavy atom. The molecule has 2 aromatic carbocycles. The minimum absolute atomic E-state index is 0.0721. The molecule has 0 saturated heterocycles. The number of rotatable bonds is 6. The van der Waals surface area contributed by atoms with Crippen LogP contribution in [0.25, 0.3) is 0 Å². The summed E-state index contributed by atoms with van der Waals surface area (Å²) in [7, 11) is 0. The van der Waals surface area contributed by atoms with E-state index in [0.717, 1.165) is 16.9 Å². The Balaban J connectivity index is 1.76. The minimum Gasteiger partial charge on any atom is -0.493 e. The highest BCUT2D eigenvalue weighted by atomic mass is 16.5. The molecule has 4 nitrogen and oxygen atoms in total. The summed E-state index contributed by atoms with van der Waals surface area (Å²) in [5.41, 5.74) is 3.76. The SMILES string of the molecule is Cc1ccc(OCCC(=O)NCc2cccc(C#N)c2)c(C)c1. The van der Waals surface area contributed by atoms with E-state index >= 15 is 0 Å².